The lowest BCUT2D eigenvalue weighted by atomic mass is 10.1. The SMILES string of the molecule is COc1cc(CCc2ccccc2)ccn1. The van der Waals surface area contributed by atoms with Crippen molar-refractivity contribution in [1.82, 2.24) is 4.98 Å². The quantitative estimate of drug-likeness (QED) is 0.779. The number of benzene rings is 1. The standard InChI is InChI=1S/C14H15NO/c1-16-14-11-13(9-10-15-14)8-7-12-5-3-2-4-6-12/h2-6,9-11H,7-8H2,1H3. The molecule has 0 N–H and O–H groups in total. The first-order valence-corrected chi connectivity index (χ1v) is 5.41. The maximum Gasteiger partial charge on any atom is 0.213 e. The fraction of sp³-hybridized carbons (Fsp3) is 0.214. The fourth-order valence-electron chi connectivity index (χ4n) is 1.65. The highest BCUT2D eigenvalue weighted by molar-refractivity contribution is 5.23. The van der Waals surface area contributed by atoms with Crippen LogP contribution in [-0.4, -0.2) is 12.1 Å². The van der Waals surface area contributed by atoms with Crippen LogP contribution in [0.2, 0.25) is 0 Å². The third kappa shape index (κ3) is 2.83. The Kier molecular flexibility index (Phi) is 3.54. The molecule has 0 radical (unpaired) electrons. The Labute approximate surface area is 95.9 Å². The van der Waals surface area contributed by atoms with Gasteiger partial charge in [0.2, 0.25) is 5.88 Å². The summed E-state index contributed by atoms with van der Waals surface area (Å²) in [5.41, 5.74) is 2.62. The molecule has 0 saturated heterocycles. The van der Waals surface area contributed by atoms with Gasteiger partial charge in [0, 0.05) is 12.3 Å². The molecule has 0 aliphatic heterocycles. The maximum absolute atomic E-state index is 5.10. The summed E-state index contributed by atoms with van der Waals surface area (Å²) in [6, 6.07) is 14.5. The number of nitrogens with zero attached hydrogens (tertiary/aromatic N) is 1. The second-order valence-electron chi connectivity index (χ2n) is 3.69. The van der Waals surface area contributed by atoms with Crippen molar-refractivity contribution in [3.8, 4) is 5.88 Å². The first-order chi connectivity index (χ1) is 7.88. The normalized spacial score (nSPS) is 10.1. The van der Waals surface area contributed by atoms with Crippen molar-refractivity contribution in [1.29, 1.82) is 0 Å². The van der Waals surface area contributed by atoms with E-state index in [0.29, 0.717) is 5.88 Å². The van der Waals surface area contributed by atoms with Gasteiger partial charge in [0.05, 0.1) is 7.11 Å². The number of hydrogen-bond donors (Lipinski definition) is 0. The van der Waals surface area contributed by atoms with E-state index in [1.165, 1.54) is 11.1 Å². The van der Waals surface area contributed by atoms with Gasteiger partial charge in [-0.2, -0.15) is 0 Å². The average Bonchev–Trinajstić information content (AvgIpc) is 2.38. The van der Waals surface area contributed by atoms with E-state index in [2.05, 4.69) is 29.2 Å². The summed E-state index contributed by atoms with van der Waals surface area (Å²) < 4.78 is 5.10. The molecule has 0 atom stereocenters. The van der Waals surface area contributed by atoms with E-state index in [9.17, 15) is 0 Å². The molecule has 0 fully saturated rings. The summed E-state index contributed by atoms with van der Waals surface area (Å²) >= 11 is 0. The minimum atomic E-state index is 0.686. The summed E-state index contributed by atoms with van der Waals surface area (Å²) in [6.07, 6.45) is 3.86. The Morgan fingerprint density at radius 2 is 1.75 bits per heavy atom. The van der Waals surface area contributed by atoms with Gasteiger partial charge >= 0.3 is 0 Å². The molecular formula is C14H15NO. The topological polar surface area (TPSA) is 22.1 Å². The molecule has 0 spiro atoms. The summed E-state index contributed by atoms with van der Waals surface area (Å²) in [4.78, 5) is 4.09. The molecule has 0 aliphatic carbocycles. The van der Waals surface area contributed by atoms with E-state index in [1.807, 2.05) is 18.2 Å². The van der Waals surface area contributed by atoms with E-state index in [4.69, 9.17) is 4.74 Å². The number of rotatable bonds is 4. The van der Waals surface area contributed by atoms with E-state index >= 15 is 0 Å². The Bertz CT molecular complexity index is 439. The van der Waals surface area contributed by atoms with Crippen LogP contribution in [0.1, 0.15) is 11.1 Å². The van der Waals surface area contributed by atoms with Gasteiger partial charge in [-0.25, -0.2) is 4.98 Å². The van der Waals surface area contributed by atoms with E-state index < -0.39 is 0 Å². The number of pyridine rings is 1. The number of methoxy groups -OCH3 is 1. The fourth-order valence-corrected chi connectivity index (χ4v) is 1.65. The molecule has 1 aromatic carbocycles. The van der Waals surface area contributed by atoms with Crippen LogP contribution in [-0.2, 0) is 12.8 Å². The van der Waals surface area contributed by atoms with E-state index in [-0.39, 0.29) is 0 Å². The lowest BCUT2D eigenvalue weighted by Gasteiger charge is -2.03. The van der Waals surface area contributed by atoms with E-state index in [1.54, 1.807) is 13.3 Å². The van der Waals surface area contributed by atoms with Crippen LogP contribution < -0.4 is 4.74 Å². The summed E-state index contributed by atoms with van der Waals surface area (Å²) in [7, 11) is 1.64. The molecule has 2 nitrogen and oxygen atoms in total. The predicted molar refractivity (Wildman–Crippen MR) is 64.6 cm³/mol. The van der Waals surface area contributed by atoms with Crippen molar-refractivity contribution in [3.63, 3.8) is 0 Å². The van der Waals surface area contributed by atoms with Crippen molar-refractivity contribution in [2.45, 2.75) is 12.8 Å². The number of hydrogen-bond acceptors (Lipinski definition) is 2. The third-order valence-electron chi connectivity index (χ3n) is 2.55. The zero-order valence-electron chi connectivity index (χ0n) is 9.39. The molecule has 82 valence electrons. The van der Waals surface area contributed by atoms with Crippen LogP contribution in [0.5, 0.6) is 5.88 Å². The van der Waals surface area contributed by atoms with Crippen LogP contribution >= 0.6 is 0 Å². The van der Waals surface area contributed by atoms with E-state index in [0.717, 1.165) is 12.8 Å². The second kappa shape index (κ2) is 5.31. The molecule has 16 heavy (non-hydrogen) atoms. The molecule has 1 heterocycles. The van der Waals surface area contributed by atoms with Gasteiger partial charge in [0.25, 0.3) is 0 Å². The van der Waals surface area contributed by atoms with Crippen LogP contribution in [0.3, 0.4) is 0 Å². The van der Waals surface area contributed by atoms with Crippen LogP contribution in [0.15, 0.2) is 48.7 Å². The molecule has 1 aromatic heterocycles. The van der Waals surface area contributed by atoms with Crippen LogP contribution in [0.4, 0.5) is 0 Å². The molecule has 2 aromatic rings. The largest absolute Gasteiger partial charge is 0.481 e. The van der Waals surface area contributed by atoms with Gasteiger partial charge in [0.15, 0.2) is 0 Å². The summed E-state index contributed by atoms with van der Waals surface area (Å²) in [5, 5.41) is 0. The molecule has 0 unspecified atom stereocenters. The molecule has 0 amide bonds. The van der Waals surface area contributed by atoms with Gasteiger partial charge < -0.3 is 4.74 Å². The molecule has 0 aliphatic rings. The van der Waals surface area contributed by atoms with Gasteiger partial charge in [-0.05, 0) is 30.0 Å². The zero-order valence-corrected chi connectivity index (χ0v) is 9.39. The third-order valence-corrected chi connectivity index (χ3v) is 2.55. The monoisotopic (exact) mass is 213 g/mol. The van der Waals surface area contributed by atoms with Crippen molar-refractivity contribution in [2.24, 2.45) is 0 Å². The van der Waals surface area contributed by atoms with Crippen molar-refractivity contribution < 1.29 is 4.74 Å². The average molecular weight is 213 g/mol. The smallest absolute Gasteiger partial charge is 0.213 e. The Morgan fingerprint density at radius 1 is 1.00 bits per heavy atom. The van der Waals surface area contributed by atoms with Crippen molar-refractivity contribution >= 4 is 0 Å². The van der Waals surface area contributed by atoms with Gasteiger partial charge in [-0.3, -0.25) is 0 Å². The Balaban J connectivity index is 1.99. The Morgan fingerprint density at radius 3 is 2.50 bits per heavy atom. The maximum atomic E-state index is 5.10. The minimum absolute atomic E-state index is 0.686. The highest BCUT2D eigenvalue weighted by Crippen LogP contribution is 2.11. The number of aromatic nitrogens is 1. The van der Waals surface area contributed by atoms with Gasteiger partial charge in [-0.1, -0.05) is 30.3 Å². The second-order valence-corrected chi connectivity index (χ2v) is 3.69. The highest BCUT2D eigenvalue weighted by Gasteiger charge is 1.98. The molecule has 0 saturated carbocycles. The van der Waals surface area contributed by atoms with Gasteiger partial charge in [0.1, 0.15) is 0 Å². The van der Waals surface area contributed by atoms with Crippen molar-refractivity contribution in [2.75, 3.05) is 7.11 Å². The number of ether oxygens (including phenoxy) is 1. The zero-order chi connectivity index (χ0) is 11.2. The molecule has 2 rings (SSSR count). The van der Waals surface area contributed by atoms with Gasteiger partial charge in [-0.15, -0.1) is 0 Å². The van der Waals surface area contributed by atoms with Crippen LogP contribution in [0, 0.1) is 0 Å². The molecular weight excluding hydrogens is 198 g/mol. The number of aryl methyl sites for hydroxylation is 2. The van der Waals surface area contributed by atoms with Crippen molar-refractivity contribution in [3.05, 3.63) is 59.8 Å². The minimum Gasteiger partial charge on any atom is -0.481 e. The predicted octanol–water partition coefficient (Wildman–Crippen LogP) is 2.88. The lowest BCUT2D eigenvalue weighted by molar-refractivity contribution is 0.397. The summed E-state index contributed by atoms with van der Waals surface area (Å²) in [5.74, 6) is 0.686. The summed E-state index contributed by atoms with van der Waals surface area (Å²) in [6.45, 7) is 0. The first-order valence-electron chi connectivity index (χ1n) is 5.41. The molecule has 2 heteroatoms. The first kappa shape index (κ1) is 10.7. The lowest BCUT2D eigenvalue weighted by Crippen LogP contribution is -1.93. The molecule has 0 bridgehead atoms. The Hall–Kier alpha value is -1.83. The highest BCUT2D eigenvalue weighted by atomic mass is 16.5. The van der Waals surface area contributed by atoms with Crippen LogP contribution in [0.25, 0.3) is 0 Å².